The Morgan fingerprint density at radius 3 is 2.52 bits per heavy atom. The van der Waals surface area contributed by atoms with Gasteiger partial charge in [0.2, 0.25) is 0 Å². The number of carbonyl (C=O) groups excluding carboxylic acids is 1. The third-order valence-corrected chi connectivity index (χ3v) is 3.68. The molecule has 1 aliphatic carbocycles. The van der Waals surface area contributed by atoms with Crippen LogP contribution in [-0.2, 0) is 0 Å². The van der Waals surface area contributed by atoms with Gasteiger partial charge in [-0.05, 0) is 31.4 Å². The lowest BCUT2D eigenvalue weighted by atomic mass is 9.85. The highest BCUT2D eigenvalue weighted by molar-refractivity contribution is 5.99. The van der Waals surface area contributed by atoms with E-state index in [-0.39, 0.29) is 25.2 Å². The number of nitrogens with two attached hydrogens (primary N) is 1. The number of anilines is 1. The van der Waals surface area contributed by atoms with Gasteiger partial charge in [0.05, 0.1) is 11.5 Å². The highest BCUT2D eigenvalue weighted by Gasteiger charge is 2.42. The number of carbonyl (C=O) groups is 1. The molecule has 1 saturated carbocycles. The second-order valence-corrected chi connectivity index (χ2v) is 5.16. The largest absolute Gasteiger partial charge is 0.398 e. The van der Waals surface area contributed by atoms with Gasteiger partial charge in [-0.2, -0.15) is 13.2 Å². The van der Waals surface area contributed by atoms with Crippen molar-refractivity contribution in [1.82, 2.24) is 5.32 Å². The first-order chi connectivity index (χ1) is 9.38. The summed E-state index contributed by atoms with van der Waals surface area (Å²) < 4.78 is 38.1. The smallest absolute Gasteiger partial charge is 0.391 e. The number of nitrogens with one attached hydrogen (secondary N) is 1. The van der Waals surface area contributed by atoms with Gasteiger partial charge >= 0.3 is 6.18 Å². The van der Waals surface area contributed by atoms with Crippen molar-refractivity contribution >= 4 is 24.0 Å². The summed E-state index contributed by atoms with van der Waals surface area (Å²) >= 11 is 0. The SMILES string of the molecule is Cl.Nc1ccccc1C(=O)NC1CCCC(C(F)(F)F)C1. The molecule has 2 atom stereocenters. The maximum atomic E-state index is 12.7. The quantitative estimate of drug-likeness (QED) is 0.818. The molecule has 1 fully saturated rings. The number of para-hydroxylation sites is 1. The van der Waals surface area contributed by atoms with E-state index in [0.29, 0.717) is 24.1 Å². The van der Waals surface area contributed by atoms with Gasteiger partial charge < -0.3 is 11.1 Å². The second-order valence-electron chi connectivity index (χ2n) is 5.16. The molecule has 118 valence electrons. The molecule has 3 nitrogen and oxygen atoms in total. The summed E-state index contributed by atoms with van der Waals surface area (Å²) in [6, 6.07) is 6.09. The van der Waals surface area contributed by atoms with Gasteiger partial charge in [0.15, 0.2) is 0 Å². The summed E-state index contributed by atoms with van der Waals surface area (Å²) in [6.07, 6.45) is -3.05. The molecule has 1 aliphatic rings. The fraction of sp³-hybridized carbons (Fsp3) is 0.500. The molecular weight excluding hydrogens is 305 g/mol. The topological polar surface area (TPSA) is 55.1 Å². The fourth-order valence-corrected chi connectivity index (χ4v) is 2.59. The van der Waals surface area contributed by atoms with Crippen LogP contribution in [0, 0.1) is 5.92 Å². The first-order valence-electron chi connectivity index (χ1n) is 6.60. The van der Waals surface area contributed by atoms with E-state index in [0.717, 1.165) is 0 Å². The van der Waals surface area contributed by atoms with Crippen molar-refractivity contribution in [3.63, 3.8) is 0 Å². The first kappa shape index (κ1) is 17.6. The lowest BCUT2D eigenvalue weighted by Crippen LogP contribution is -2.41. The van der Waals surface area contributed by atoms with Gasteiger partial charge in [-0.15, -0.1) is 12.4 Å². The molecule has 0 radical (unpaired) electrons. The number of alkyl halides is 3. The Morgan fingerprint density at radius 1 is 1.24 bits per heavy atom. The molecule has 0 bridgehead atoms. The second kappa shape index (κ2) is 7.02. The van der Waals surface area contributed by atoms with Crippen molar-refractivity contribution in [2.75, 3.05) is 5.73 Å². The molecule has 0 aliphatic heterocycles. The molecule has 1 aromatic rings. The zero-order chi connectivity index (χ0) is 14.8. The van der Waals surface area contributed by atoms with Crippen LogP contribution < -0.4 is 11.1 Å². The van der Waals surface area contributed by atoms with Gasteiger partial charge in [0.1, 0.15) is 0 Å². The Hall–Kier alpha value is -1.43. The molecule has 21 heavy (non-hydrogen) atoms. The predicted molar refractivity (Wildman–Crippen MR) is 77.4 cm³/mol. The van der Waals surface area contributed by atoms with Crippen LogP contribution in [0.5, 0.6) is 0 Å². The van der Waals surface area contributed by atoms with E-state index in [1.54, 1.807) is 24.3 Å². The number of benzene rings is 1. The molecule has 2 rings (SSSR count). The van der Waals surface area contributed by atoms with E-state index in [4.69, 9.17) is 5.73 Å². The molecule has 2 unspecified atom stereocenters. The Balaban J connectivity index is 0.00000220. The molecule has 0 heterocycles. The molecule has 0 aromatic heterocycles. The minimum atomic E-state index is -4.19. The average Bonchev–Trinajstić information content (AvgIpc) is 2.38. The minimum Gasteiger partial charge on any atom is -0.398 e. The van der Waals surface area contributed by atoms with Gasteiger partial charge in [0.25, 0.3) is 5.91 Å². The summed E-state index contributed by atoms with van der Waals surface area (Å²) in [4.78, 5) is 12.0. The highest BCUT2D eigenvalue weighted by Crippen LogP contribution is 2.37. The summed E-state index contributed by atoms with van der Waals surface area (Å²) in [7, 11) is 0. The Bertz CT molecular complexity index is 493. The monoisotopic (exact) mass is 322 g/mol. The standard InChI is InChI=1S/C14H17F3N2O.ClH/c15-14(16,17)9-4-3-5-10(8-9)19-13(20)11-6-1-2-7-12(11)18;/h1-2,6-7,9-10H,3-5,8,18H2,(H,19,20);1H. The molecule has 1 aromatic carbocycles. The fourth-order valence-electron chi connectivity index (χ4n) is 2.59. The van der Waals surface area contributed by atoms with Crippen LogP contribution >= 0.6 is 12.4 Å². The zero-order valence-corrected chi connectivity index (χ0v) is 12.1. The van der Waals surface area contributed by atoms with Crippen LogP contribution in [0.2, 0.25) is 0 Å². The predicted octanol–water partition coefficient (Wildman–Crippen LogP) is 3.54. The molecule has 7 heteroatoms. The summed E-state index contributed by atoms with van der Waals surface area (Å²) in [5.41, 5.74) is 6.32. The van der Waals surface area contributed by atoms with Crippen molar-refractivity contribution in [3.05, 3.63) is 29.8 Å². The van der Waals surface area contributed by atoms with E-state index in [9.17, 15) is 18.0 Å². The normalized spacial score (nSPS) is 22.2. The van der Waals surface area contributed by atoms with E-state index in [1.807, 2.05) is 0 Å². The molecular formula is C14H18ClF3N2O. The summed E-state index contributed by atoms with van der Waals surface area (Å²) in [5.74, 6) is -1.73. The van der Waals surface area contributed by atoms with E-state index >= 15 is 0 Å². The number of hydrogen-bond donors (Lipinski definition) is 2. The summed E-state index contributed by atoms with van der Waals surface area (Å²) in [6.45, 7) is 0. The summed E-state index contributed by atoms with van der Waals surface area (Å²) in [5, 5.41) is 2.66. The maximum Gasteiger partial charge on any atom is 0.391 e. The number of rotatable bonds is 2. The van der Waals surface area contributed by atoms with Crippen molar-refractivity contribution in [1.29, 1.82) is 0 Å². The highest BCUT2D eigenvalue weighted by atomic mass is 35.5. The van der Waals surface area contributed by atoms with E-state index in [1.165, 1.54) is 0 Å². The Kier molecular flexibility index (Phi) is 5.89. The maximum absolute atomic E-state index is 12.7. The Morgan fingerprint density at radius 2 is 1.90 bits per heavy atom. The van der Waals surface area contributed by atoms with E-state index in [2.05, 4.69) is 5.32 Å². The van der Waals surface area contributed by atoms with Gasteiger partial charge in [-0.25, -0.2) is 0 Å². The van der Waals surface area contributed by atoms with Crippen molar-refractivity contribution in [2.24, 2.45) is 5.92 Å². The zero-order valence-electron chi connectivity index (χ0n) is 11.3. The van der Waals surface area contributed by atoms with Gasteiger partial charge in [-0.3, -0.25) is 4.79 Å². The van der Waals surface area contributed by atoms with Gasteiger partial charge in [0, 0.05) is 11.7 Å². The first-order valence-corrected chi connectivity index (χ1v) is 6.60. The van der Waals surface area contributed by atoms with Crippen LogP contribution in [0.25, 0.3) is 0 Å². The third kappa shape index (κ3) is 4.52. The Labute approximate surface area is 127 Å². The van der Waals surface area contributed by atoms with Crippen molar-refractivity contribution < 1.29 is 18.0 Å². The lowest BCUT2D eigenvalue weighted by molar-refractivity contribution is -0.183. The number of amides is 1. The molecule has 0 spiro atoms. The third-order valence-electron chi connectivity index (χ3n) is 3.68. The van der Waals surface area contributed by atoms with E-state index < -0.39 is 24.0 Å². The number of hydrogen-bond acceptors (Lipinski definition) is 2. The molecule has 0 saturated heterocycles. The minimum absolute atomic E-state index is 0. The van der Waals surface area contributed by atoms with Crippen LogP contribution in [0.3, 0.4) is 0 Å². The van der Waals surface area contributed by atoms with Crippen LogP contribution in [-0.4, -0.2) is 18.1 Å². The number of halogens is 4. The number of nitrogen functional groups attached to an aromatic ring is 1. The van der Waals surface area contributed by atoms with Crippen LogP contribution in [0.4, 0.5) is 18.9 Å². The van der Waals surface area contributed by atoms with Gasteiger partial charge in [-0.1, -0.05) is 18.6 Å². The molecule has 3 N–H and O–H groups in total. The average molecular weight is 323 g/mol. The van der Waals surface area contributed by atoms with Crippen LogP contribution in [0.1, 0.15) is 36.0 Å². The van der Waals surface area contributed by atoms with Crippen molar-refractivity contribution in [3.8, 4) is 0 Å². The van der Waals surface area contributed by atoms with Crippen molar-refractivity contribution in [2.45, 2.75) is 37.9 Å². The lowest BCUT2D eigenvalue weighted by Gasteiger charge is -2.31. The molecule has 1 amide bonds. The van der Waals surface area contributed by atoms with Crippen LogP contribution in [0.15, 0.2) is 24.3 Å².